The van der Waals surface area contributed by atoms with Crippen molar-refractivity contribution < 1.29 is 9.90 Å². The molecule has 3 heteroatoms. The van der Waals surface area contributed by atoms with Crippen molar-refractivity contribution in [3.63, 3.8) is 0 Å². The molecule has 1 aliphatic carbocycles. The zero-order valence-electron chi connectivity index (χ0n) is 9.91. The van der Waals surface area contributed by atoms with Gasteiger partial charge in [-0.1, -0.05) is 30.3 Å². The molecule has 2 aliphatic rings. The Morgan fingerprint density at radius 3 is 2.71 bits per heavy atom. The van der Waals surface area contributed by atoms with E-state index in [9.17, 15) is 9.90 Å². The number of amides is 1. The molecule has 1 N–H and O–H groups in total. The SMILES string of the molecule is CC1[C@H]2C[C@H]2[C@H](Cc2ccccc2)N1C(=O)O. The van der Waals surface area contributed by atoms with Crippen molar-refractivity contribution in [1.29, 1.82) is 0 Å². The molecule has 4 atom stereocenters. The number of carboxylic acid groups (broad SMARTS) is 1. The summed E-state index contributed by atoms with van der Waals surface area (Å²) in [6.07, 6.45) is 1.31. The number of fused-ring (bicyclic) bond motifs is 1. The lowest BCUT2D eigenvalue weighted by molar-refractivity contribution is 0.113. The van der Waals surface area contributed by atoms with Gasteiger partial charge in [0.1, 0.15) is 0 Å². The molecule has 1 saturated carbocycles. The van der Waals surface area contributed by atoms with Crippen molar-refractivity contribution in [3.05, 3.63) is 35.9 Å². The average molecular weight is 231 g/mol. The third-order valence-electron chi connectivity index (χ3n) is 4.31. The fourth-order valence-electron chi connectivity index (χ4n) is 3.37. The molecule has 2 fully saturated rings. The Hall–Kier alpha value is -1.51. The number of carbonyl (C=O) groups is 1. The second-order valence-corrected chi connectivity index (χ2v) is 5.25. The fourth-order valence-corrected chi connectivity index (χ4v) is 3.37. The van der Waals surface area contributed by atoms with Gasteiger partial charge in [0, 0.05) is 12.1 Å². The van der Waals surface area contributed by atoms with E-state index in [0.717, 1.165) is 6.42 Å². The fraction of sp³-hybridized carbons (Fsp3) is 0.500. The van der Waals surface area contributed by atoms with Gasteiger partial charge in [-0.2, -0.15) is 0 Å². The Labute approximate surface area is 101 Å². The minimum atomic E-state index is -0.759. The largest absolute Gasteiger partial charge is 0.465 e. The van der Waals surface area contributed by atoms with Crippen LogP contribution >= 0.6 is 0 Å². The van der Waals surface area contributed by atoms with E-state index >= 15 is 0 Å². The van der Waals surface area contributed by atoms with E-state index in [1.165, 1.54) is 12.0 Å². The van der Waals surface area contributed by atoms with E-state index in [0.29, 0.717) is 11.8 Å². The minimum absolute atomic E-state index is 0.190. The standard InChI is InChI=1S/C14H17NO2/c1-9-11-8-12(11)13(15(9)14(16)17)7-10-5-3-2-4-6-10/h2-6,9,11-13H,7-8H2,1H3,(H,16,17)/t9?,11-,12-,13+/m1/s1. The molecular formula is C14H17NO2. The quantitative estimate of drug-likeness (QED) is 0.850. The highest BCUT2D eigenvalue weighted by atomic mass is 16.4. The third kappa shape index (κ3) is 1.70. The molecule has 17 heavy (non-hydrogen) atoms. The maximum absolute atomic E-state index is 11.3. The van der Waals surface area contributed by atoms with Crippen molar-refractivity contribution in [2.45, 2.75) is 31.8 Å². The Balaban J connectivity index is 1.80. The molecule has 3 rings (SSSR count). The van der Waals surface area contributed by atoms with Gasteiger partial charge >= 0.3 is 6.09 Å². The van der Waals surface area contributed by atoms with Gasteiger partial charge in [0.2, 0.25) is 0 Å². The van der Waals surface area contributed by atoms with Crippen molar-refractivity contribution in [1.82, 2.24) is 4.90 Å². The highest BCUT2D eigenvalue weighted by Crippen LogP contribution is 2.54. The van der Waals surface area contributed by atoms with Crippen LogP contribution in [0.1, 0.15) is 18.9 Å². The molecule has 1 aromatic rings. The van der Waals surface area contributed by atoms with Gasteiger partial charge in [-0.3, -0.25) is 0 Å². The highest BCUT2D eigenvalue weighted by Gasteiger charge is 2.58. The lowest BCUT2D eigenvalue weighted by Crippen LogP contribution is -2.43. The summed E-state index contributed by atoms with van der Waals surface area (Å²) in [5.41, 5.74) is 1.24. The van der Waals surface area contributed by atoms with E-state index in [4.69, 9.17) is 0 Å². The predicted molar refractivity (Wildman–Crippen MR) is 64.9 cm³/mol. The molecule has 1 aliphatic heterocycles. The van der Waals surface area contributed by atoms with E-state index in [1.807, 2.05) is 25.1 Å². The Kier molecular flexibility index (Phi) is 2.35. The summed E-state index contributed by atoms with van der Waals surface area (Å²) < 4.78 is 0. The first kappa shape index (κ1) is 10.6. The second kappa shape index (κ2) is 3.76. The first-order valence-corrected chi connectivity index (χ1v) is 6.23. The molecular weight excluding hydrogens is 214 g/mol. The number of piperidine rings is 1. The van der Waals surface area contributed by atoms with Crippen molar-refractivity contribution >= 4 is 6.09 Å². The molecule has 1 heterocycles. The van der Waals surface area contributed by atoms with Crippen LogP contribution < -0.4 is 0 Å². The smallest absolute Gasteiger partial charge is 0.407 e. The Morgan fingerprint density at radius 2 is 2.06 bits per heavy atom. The molecule has 1 unspecified atom stereocenters. The van der Waals surface area contributed by atoms with E-state index in [1.54, 1.807) is 4.90 Å². The summed E-state index contributed by atoms with van der Waals surface area (Å²) in [5, 5.41) is 9.30. The van der Waals surface area contributed by atoms with Crippen molar-refractivity contribution in [2.75, 3.05) is 0 Å². The minimum Gasteiger partial charge on any atom is -0.465 e. The first-order chi connectivity index (χ1) is 8.18. The zero-order chi connectivity index (χ0) is 12.0. The topological polar surface area (TPSA) is 40.5 Å². The Morgan fingerprint density at radius 1 is 1.35 bits per heavy atom. The second-order valence-electron chi connectivity index (χ2n) is 5.25. The molecule has 0 bridgehead atoms. The van der Waals surface area contributed by atoms with E-state index in [2.05, 4.69) is 12.1 Å². The van der Waals surface area contributed by atoms with Crippen molar-refractivity contribution in [3.8, 4) is 0 Å². The van der Waals surface area contributed by atoms with Gasteiger partial charge in [0.05, 0.1) is 0 Å². The molecule has 3 nitrogen and oxygen atoms in total. The van der Waals surface area contributed by atoms with Gasteiger partial charge in [0.25, 0.3) is 0 Å². The number of hydrogen-bond donors (Lipinski definition) is 1. The van der Waals surface area contributed by atoms with Gasteiger partial charge in [-0.15, -0.1) is 0 Å². The summed E-state index contributed by atoms with van der Waals surface area (Å²) in [6.45, 7) is 2.05. The van der Waals surface area contributed by atoms with Gasteiger partial charge in [-0.05, 0) is 37.2 Å². The molecule has 1 aromatic carbocycles. The molecule has 90 valence electrons. The predicted octanol–water partition coefficient (Wildman–Crippen LogP) is 2.62. The highest BCUT2D eigenvalue weighted by molar-refractivity contribution is 5.67. The molecule has 1 saturated heterocycles. The van der Waals surface area contributed by atoms with Crippen LogP contribution in [0.25, 0.3) is 0 Å². The van der Waals surface area contributed by atoms with Crippen LogP contribution in [0.4, 0.5) is 4.79 Å². The van der Waals surface area contributed by atoms with Crippen LogP contribution in [-0.4, -0.2) is 28.2 Å². The number of benzene rings is 1. The van der Waals surface area contributed by atoms with E-state index in [-0.39, 0.29) is 12.1 Å². The van der Waals surface area contributed by atoms with E-state index < -0.39 is 6.09 Å². The maximum Gasteiger partial charge on any atom is 0.407 e. The van der Waals surface area contributed by atoms with Crippen LogP contribution in [0.2, 0.25) is 0 Å². The summed E-state index contributed by atoms with van der Waals surface area (Å²) in [4.78, 5) is 13.0. The molecule has 1 amide bonds. The molecule has 0 radical (unpaired) electrons. The Bertz CT molecular complexity index is 431. The third-order valence-corrected chi connectivity index (χ3v) is 4.31. The maximum atomic E-state index is 11.3. The lowest BCUT2D eigenvalue weighted by atomic mass is 10.0. The van der Waals surface area contributed by atoms with Gasteiger partial charge in [-0.25, -0.2) is 4.79 Å². The summed E-state index contributed by atoms with van der Waals surface area (Å²) >= 11 is 0. The average Bonchev–Trinajstić information content (AvgIpc) is 3.04. The summed E-state index contributed by atoms with van der Waals surface area (Å²) in [6, 6.07) is 10.6. The molecule has 0 spiro atoms. The van der Waals surface area contributed by atoms with Crippen molar-refractivity contribution in [2.24, 2.45) is 11.8 Å². The lowest BCUT2D eigenvalue weighted by Gasteiger charge is -2.29. The number of rotatable bonds is 2. The summed E-state index contributed by atoms with van der Waals surface area (Å²) in [5.74, 6) is 1.21. The van der Waals surface area contributed by atoms with Crippen LogP contribution in [-0.2, 0) is 6.42 Å². The molecule has 0 aromatic heterocycles. The first-order valence-electron chi connectivity index (χ1n) is 6.23. The normalized spacial score (nSPS) is 34.5. The monoisotopic (exact) mass is 231 g/mol. The number of nitrogens with zero attached hydrogens (tertiary/aromatic N) is 1. The van der Waals surface area contributed by atoms with Crippen LogP contribution in [0.3, 0.4) is 0 Å². The number of likely N-dealkylation sites (tertiary alicyclic amines) is 1. The van der Waals surface area contributed by atoms with Gasteiger partial charge in [0.15, 0.2) is 0 Å². The zero-order valence-corrected chi connectivity index (χ0v) is 9.91. The van der Waals surface area contributed by atoms with Crippen LogP contribution in [0, 0.1) is 11.8 Å². The van der Waals surface area contributed by atoms with Crippen LogP contribution in [0.5, 0.6) is 0 Å². The summed E-state index contributed by atoms with van der Waals surface area (Å²) in [7, 11) is 0. The van der Waals surface area contributed by atoms with Crippen LogP contribution in [0.15, 0.2) is 30.3 Å². The van der Waals surface area contributed by atoms with Gasteiger partial charge < -0.3 is 10.0 Å². The number of hydrogen-bond acceptors (Lipinski definition) is 1.